The number of hydrogen-bond acceptors (Lipinski definition) is 4. The lowest BCUT2D eigenvalue weighted by Crippen LogP contribution is -2.25. The zero-order chi connectivity index (χ0) is 15.5. The van der Waals surface area contributed by atoms with Crippen LogP contribution in [-0.2, 0) is 4.84 Å². The van der Waals surface area contributed by atoms with Crippen LogP contribution in [0.2, 0.25) is 0 Å². The molecule has 0 aromatic heterocycles. The largest absolute Gasteiger partial charge is 0.294 e. The molecule has 0 radical (unpaired) electrons. The fourth-order valence-corrected chi connectivity index (χ4v) is 1.76. The van der Waals surface area contributed by atoms with Crippen molar-refractivity contribution in [1.82, 2.24) is 5.48 Å². The summed E-state index contributed by atoms with van der Waals surface area (Å²) in [7, 11) is 1.31. The first-order chi connectivity index (χ1) is 9.18. The molecule has 1 aromatic carbocycles. The molecular weight excluding hydrogens is 258 g/mol. The van der Waals surface area contributed by atoms with Gasteiger partial charge in [-0.15, -0.1) is 0 Å². The standard InChI is InChI=1S/C15H19NO4/c1-9(17)12-8-10(13(18)15(2,3)4)6-7-11(12)14(19)16-20-5/h6-8H,1-5H3,(H,16,19). The highest BCUT2D eigenvalue weighted by Crippen LogP contribution is 2.23. The molecule has 0 saturated carbocycles. The molecule has 1 rings (SSSR count). The van der Waals surface area contributed by atoms with Crippen LogP contribution in [0.3, 0.4) is 0 Å². The molecule has 5 nitrogen and oxygen atoms in total. The van der Waals surface area contributed by atoms with E-state index in [9.17, 15) is 14.4 Å². The summed E-state index contributed by atoms with van der Waals surface area (Å²) in [5, 5.41) is 0. The smallest absolute Gasteiger partial charge is 0.275 e. The molecule has 0 aliphatic rings. The van der Waals surface area contributed by atoms with Gasteiger partial charge in [0.05, 0.1) is 12.7 Å². The molecular formula is C15H19NO4. The Morgan fingerprint density at radius 2 is 1.70 bits per heavy atom. The van der Waals surface area contributed by atoms with E-state index in [-0.39, 0.29) is 22.7 Å². The van der Waals surface area contributed by atoms with Gasteiger partial charge in [-0.05, 0) is 19.1 Å². The van der Waals surface area contributed by atoms with Gasteiger partial charge < -0.3 is 0 Å². The van der Waals surface area contributed by atoms with Gasteiger partial charge >= 0.3 is 0 Å². The number of hydroxylamine groups is 1. The van der Waals surface area contributed by atoms with E-state index < -0.39 is 11.3 Å². The van der Waals surface area contributed by atoms with Gasteiger partial charge in [0.25, 0.3) is 5.91 Å². The molecule has 1 aromatic rings. The number of hydrogen-bond donors (Lipinski definition) is 1. The molecule has 108 valence electrons. The van der Waals surface area contributed by atoms with E-state index >= 15 is 0 Å². The lowest BCUT2D eigenvalue weighted by molar-refractivity contribution is 0.0535. The number of carbonyl (C=O) groups is 3. The van der Waals surface area contributed by atoms with E-state index in [0.717, 1.165) is 0 Å². The maximum atomic E-state index is 12.2. The van der Waals surface area contributed by atoms with Crippen LogP contribution >= 0.6 is 0 Å². The van der Waals surface area contributed by atoms with Crippen molar-refractivity contribution in [2.24, 2.45) is 5.41 Å². The normalized spacial score (nSPS) is 11.1. The average molecular weight is 277 g/mol. The molecule has 0 heterocycles. The van der Waals surface area contributed by atoms with Crippen LogP contribution in [0.15, 0.2) is 18.2 Å². The van der Waals surface area contributed by atoms with Crippen LogP contribution in [0.4, 0.5) is 0 Å². The third kappa shape index (κ3) is 3.51. The highest BCUT2D eigenvalue weighted by Gasteiger charge is 2.25. The number of rotatable bonds is 4. The van der Waals surface area contributed by atoms with Crippen molar-refractivity contribution in [3.8, 4) is 0 Å². The molecule has 0 aliphatic carbocycles. The molecule has 1 N–H and O–H groups in total. The monoisotopic (exact) mass is 277 g/mol. The number of benzene rings is 1. The van der Waals surface area contributed by atoms with Crippen molar-refractivity contribution < 1.29 is 19.2 Å². The molecule has 0 atom stereocenters. The SMILES string of the molecule is CONC(=O)c1ccc(C(=O)C(C)(C)C)cc1C(C)=O. The molecule has 0 bridgehead atoms. The third-order valence-electron chi connectivity index (χ3n) is 2.78. The molecule has 0 saturated heterocycles. The molecule has 0 fully saturated rings. The lowest BCUT2D eigenvalue weighted by atomic mass is 9.85. The molecule has 0 aliphatic heterocycles. The van der Waals surface area contributed by atoms with E-state index in [1.165, 1.54) is 26.2 Å². The summed E-state index contributed by atoms with van der Waals surface area (Å²) >= 11 is 0. The van der Waals surface area contributed by atoms with E-state index in [4.69, 9.17) is 0 Å². The Labute approximate surface area is 118 Å². The fraction of sp³-hybridized carbons (Fsp3) is 0.400. The van der Waals surface area contributed by atoms with Gasteiger partial charge in [0.2, 0.25) is 0 Å². The Hall–Kier alpha value is -2.01. The minimum absolute atomic E-state index is 0.0845. The molecule has 1 amide bonds. The highest BCUT2D eigenvalue weighted by molar-refractivity contribution is 6.09. The molecule has 0 spiro atoms. The topological polar surface area (TPSA) is 72.5 Å². The first kappa shape index (κ1) is 16.0. The van der Waals surface area contributed by atoms with Gasteiger partial charge in [-0.2, -0.15) is 0 Å². The van der Waals surface area contributed by atoms with Crippen LogP contribution in [0, 0.1) is 5.41 Å². The van der Waals surface area contributed by atoms with Crippen molar-refractivity contribution in [1.29, 1.82) is 0 Å². The molecule has 20 heavy (non-hydrogen) atoms. The van der Waals surface area contributed by atoms with Crippen LogP contribution in [0.1, 0.15) is 58.8 Å². The Kier molecular flexibility index (Phi) is 4.78. The first-order valence-corrected chi connectivity index (χ1v) is 6.21. The van der Waals surface area contributed by atoms with Crippen LogP contribution < -0.4 is 5.48 Å². The van der Waals surface area contributed by atoms with Crippen LogP contribution in [0.25, 0.3) is 0 Å². The van der Waals surface area contributed by atoms with Gasteiger partial charge in [0, 0.05) is 16.5 Å². The second-order valence-corrected chi connectivity index (χ2v) is 5.53. The summed E-state index contributed by atoms with van der Waals surface area (Å²) < 4.78 is 0. The van der Waals surface area contributed by atoms with E-state index in [2.05, 4.69) is 10.3 Å². The summed E-state index contributed by atoms with van der Waals surface area (Å²) in [4.78, 5) is 40.2. The minimum atomic E-state index is -0.551. The number of nitrogens with one attached hydrogen (secondary N) is 1. The van der Waals surface area contributed by atoms with Crippen molar-refractivity contribution >= 4 is 17.5 Å². The van der Waals surface area contributed by atoms with Crippen molar-refractivity contribution in [3.05, 3.63) is 34.9 Å². The maximum absolute atomic E-state index is 12.2. The van der Waals surface area contributed by atoms with E-state index in [0.29, 0.717) is 5.56 Å². The Balaban J connectivity index is 3.31. The Bertz CT molecular complexity index is 555. The maximum Gasteiger partial charge on any atom is 0.275 e. The van der Waals surface area contributed by atoms with E-state index in [1.54, 1.807) is 26.8 Å². The summed E-state index contributed by atoms with van der Waals surface area (Å²) in [5.41, 5.74) is 2.41. The fourth-order valence-electron chi connectivity index (χ4n) is 1.76. The number of Topliss-reactive ketones (excluding diaryl/α,β-unsaturated/α-hetero) is 2. The Morgan fingerprint density at radius 1 is 1.10 bits per heavy atom. The summed E-state index contributed by atoms with van der Waals surface area (Å²) in [5.74, 6) is -0.888. The predicted octanol–water partition coefficient (Wildman–Crippen LogP) is 2.41. The van der Waals surface area contributed by atoms with Crippen molar-refractivity contribution in [3.63, 3.8) is 0 Å². The zero-order valence-electron chi connectivity index (χ0n) is 12.4. The minimum Gasteiger partial charge on any atom is -0.294 e. The number of carbonyl (C=O) groups excluding carboxylic acids is 3. The van der Waals surface area contributed by atoms with Gasteiger partial charge in [-0.1, -0.05) is 26.8 Å². The van der Waals surface area contributed by atoms with Gasteiger partial charge in [-0.3, -0.25) is 19.2 Å². The van der Waals surface area contributed by atoms with Gasteiger partial charge in [0.15, 0.2) is 11.6 Å². The van der Waals surface area contributed by atoms with Crippen LogP contribution in [0.5, 0.6) is 0 Å². The second-order valence-electron chi connectivity index (χ2n) is 5.53. The predicted molar refractivity (Wildman–Crippen MR) is 74.7 cm³/mol. The zero-order valence-corrected chi connectivity index (χ0v) is 12.4. The summed E-state index contributed by atoms with van der Waals surface area (Å²) in [6, 6.07) is 4.47. The number of ketones is 2. The quantitative estimate of drug-likeness (QED) is 0.677. The highest BCUT2D eigenvalue weighted by atomic mass is 16.6. The van der Waals surface area contributed by atoms with Crippen molar-refractivity contribution in [2.75, 3.05) is 7.11 Å². The first-order valence-electron chi connectivity index (χ1n) is 6.21. The number of amides is 1. The summed E-state index contributed by atoms with van der Waals surface area (Å²) in [6.07, 6.45) is 0. The lowest BCUT2D eigenvalue weighted by Gasteiger charge is -2.17. The van der Waals surface area contributed by atoms with Crippen LogP contribution in [-0.4, -0.2) is 24.6 Å². The third-order valence-corrected chi connectivity index (χ3v) is 2.78. The molecule has 0 unspecified atom stereocenters. The van der Waals surface area contributed by atoms with E-state index in [1.807, 2.05) is 0 Å². The van der Waals surface area contributed by atoms with Crippen molar-refractivity contribution in [2.45, 2.75) is 27.7 Å². The van der Waals surface area contributed by atoms with Gasteiger partial charge in [0.1, 0.15) is 0 Å². The second kappa shape index (κ2) is 5.96. The summed E-state index contributed by atoms with van der Waals surface area (Å²) in [6.45, 7) is 6.75. The Morgan fingerprint density at radius 3 is 2.15 bits per heavy atom. The molecule has 5 heteroatoms. The van der Waals surface area contributed by atoms with Gasteiger partial charge in [-0.25, -0.2) is 5.48 Å². The average Bonchev–Trinajstić information content (AvgIpc) is 2.36.